The Morgan fingerprint density at radius 1 is 1.00 bits per heavy atom. The van der Waals surface area contributed by atoms with Crippen LogP contribution in [-0.4, -0.2) is 51.1 Å². The molecule has 2 amide bonds. The van der Waals surface area contributed by atoms with E-state index in [-0.39, 0.29) is 18.4 Å². The fraction of sp³-hybridized carbons (Fsp3) is 0.600. The minimum Gasteiger partial charge on any atom is -0.372 e. The van der Waals surface area contributed by atoms with Gasteiger partial charge in [0.05, 0.1) is 7.05 Å². The molecule has 0 bridgehead atoms. The van der Waals surface area contributed by atoms with Gasteiger partial charge in [-0.05, 0) is 49.9 Å². The first-order valence-electron chi connectivity index (χ1n) is 9.86. The van der Waals surface area contributed by atoms with Gasteiger partial charge in [0.25, 0.3) is 11.8 Å². The number of nitrogens with zero attached hydrogens (tertiary/aromatic N) is 1. The summed E-state index contributed by atoms with van der Waals surface area (Å²) in [6, 6.07) is 8.47. The third-order valence-electron chi connectivity index (χ3n) is 4.99. The summed E-state index contributed by atoms with van der Waals surface area (Å²) in [5.74, 6) is -0.0381. The lowest BCUT2D eigenvalue weighted by atomic mass is 10.2. The third kappa shape index (κ3) is 6.02. The van der Waals surface area contributed by atoms with Crippen molar-refractivity contribution in [3.05, 3.63) is 24.3 Å². The molecule has 1 heterocycles. The van der Waals surface area contributed by atoms with Crippen LogP contribution in [0.4, 0.5) is 11.4 Å². The van der Waals surface area contributed by atoms with Crippen molar-refractivity contribution >= 4 is 23.2 Å². The summed E-state index contributed by atoms with van der Waals surface area (Å²) < 4.78 is 0. The summed E-state index contributed by atoms with van der Waals surface area (Å²) in [6.45, 7) is 2.84. The number of hydrogen-bond donors (Lipinski definition) is 3. The first-order chi connectivity index (χ1) is 12.6. The van der Waals surface area contributed by atoms with Crippen LogP contribution < -0.4 is 20.4 Å². The number of benzene rings is 1. The van der Waals surface area contributed by atoms with Gasteiger partial charge in [-0.2, -0.15) is 0 Å². The lowest BCUT2D eigenvalue weighted by Crippen LogP contribution is -3.11. The van der Waals surface area contributed by atoms with Gasteiger partial charge in [-0.1, -0.05) is 12.8 Å². The van der Waals surface area contributed by atoms with E-state index in [0.29, 0.717) is 12.6 Å². The van der Waals surface area contributed by atoms with Gasteiger partial charge in [-0.25, -0.2) is 0 Å². The molecule has 6 heteroatoms. The SMILES string of the molecule is C[NH+](CC(=O)Nc1ccc(N2CCCCCC2)cc1)CC(=O)NC1CC1. The van der Waals surface area contributed by atoms with Crippen LogP contribution in [0.1, 0.15) is 38.5 Å². The molecule has 1 atom stereocenters. The van der Waals surface area contributed by atoms with Crippen LogP contribution in [0.5, 0.6) is 0 Å². The number of nitrogens with one attached hydrogen (secondary N) is 3. The maximum atomic E-state index is 12.2. The maximum absolute atomic E-state index is 12.2. The Kier molecular flexibility index (Phi) is 6.50. The van der Waals surface area contributed by atoms with Crippen molar-refractivity contribution in [2.24, 2.45) is 0 Å². The van der Waals surface area contributed by atoms with Crippen molar-refractivity contribution < 1.29 is 14.5 Å². The minimum atomic E-state index is -0.0655. The predicted molar refractivity (Wildman–Crippen MR) is 104 cm³/mol. The molecule has 0 radical (unpaired) electrons. The van der Waals surface area contributed by atoms with Crippen LogP contribution in [0.2, 0.25) is 0 Å². The fourth-order valence-electron chi connectivity index (χ4n) is 3.41. The van der Waals surface area contributed by atoms with E-state index < -0.39 is 0 Å². The van der Waals surface area contributed by atoms with Crippen molar-refractivity contribution in [1.29, 1.82) is 0 Å². The molecule has 1 unspecified atom stereocenters. The molecule has 2 aliphatic rings. The fourth-order valence-corrected chi connectivity index (χ4v) is 3.41. The average Bonchev–Trinajstić information content (AvgIpc) is 3.42. The standard InChI is InChI=1S/C20H30N4O2/c1-23(14-19(25)21-16-6-7-16)15-20(26)22-17-8-10-18(11-9-17)24-12-4-2-3-5-13-24/h8-11,16H,2-7,12-15H2,1H3,(H,21,25)(H,22,26)/p+1. The Balaban J connectivity index is 1.43. The van der Waals surface area contributed by atoms with E-state index in [9.17, 15) is 9.59 Å². The number of rotatable bonds is 7. The predicted octanol–water partition coefficient (Wildman–Crippen LogP) is 0.799. The lowest BCUT2D eigenvalue weighted by Gasteiger charge is -2.22. The molecule has 1 aromatic carbocycles. The zero-order valence-corrected chi connectivity index (χ0v) is 15.7. The third-order valence-corrected chi connectivity index (χ3v) is 4.99. The van der Waals surface area contributed by atoms with E-state index in [1.165, 1.54) is 31.4 Å². The number of amides is 2. The highest BCUT2D eigenvalue weighted by Gasteiger charge is 2.24. The van der Waals surface area contributed by atoms with Gasteiger partial charge in [0.15, 0.2) is 13.1 Å². The van der Waals surface area contributed by atoms with Crippen molar-refractivity contribution in [1.82, 2.24) is 5.32 Å². The Bertz CT molecular complexity index is 605. The van der Waals surface area contributed by atoms with Gasteiger partial charge in [0.1, 0.15) is 0 Å². The van der Waals surface area contributed by atoms with Gasteiger partial charge in [-0.15, -0.1) is 0 Å². The number of quaternary nitrogens is 1. The van der Waals surface area contributed by atoms with E-state index in [4.69, 9.17) is 0 Å². The van der Waals surface area contributed by atoms with Crippen molar-refractivity contribution in [3.63, 3.8) is 0 Å². The molecule has 2 fully saturated rings. The Morgan fingerprint density at radius 2 is 1.62 bits per heavy atom. The molecule has 0 spiro atoms. The quantitative estimate of drug-likeness (QED) is 0.675. The normalized spacial score (nSPS) is 18.7. The average molecular weight is 359 g/mol. The topological polar surface area (TPSA) is 65.9 Å². The molecule has 1 saturated heterocycles. The number of hydrogen-bond acceptors (Lipinski definition) is 3. The highest BCUT2D eigenvalue weighted by Crippen LogP contribution is 2.21. The van der Waals surface area contributed by atoms with E-state index in [0.717, 1.165) is 36.5 Å². The Labute approximate surface area is 155 Å². The summed E-state index contributed by atoms with van der Waals surface area (Å²) in [6.07, 6.45) is 7.31. The van der Waals surface area contributed by atoms with Crippen molar-refractivity contribution in [3.8, 4) is 0 Å². The second kappa shape index (κ2) is 9.03. The second-order valence-electron chi connectivity index (χ2n) is 7.65. The van der Waals surface area contributed by atoms with Crippen molar-refractivity contribution in [2.75, 3.05) is 43.4 Å². The van der Waals surface area contributed by atoms with Crippen LogP contribution in [-0.2, 0) is 9.59 Å². The summed E-state index contributed by atoms with van der Waals surface area (Å²) in [5, 5.41) is 5.89. The van der Waals surface area contributed by atoms with Crippen LogP contribution in [0, 0.1) is 0 Å². The largest absolute Gasteiger partial charge is 0.372 e. The molecular formula is C20H31N4O2+. The molecule has 26 heavy (non-hydrogen) atoms. The smallest absolute Gasteiger partial charge is 0.279 e. The molecular weight excluding hydrogens is 328 g/mol. The molecule has 6 nitrogen and oxygen atoms in total. The Morgan fingerprint density at radius 3 is 2.23 bits per heavy atom. The van der Waals surface area contributed by atoms with Gasteiger partial charge < -0.3 is 20.4 Å². The minimum absolute atomic E-state index is 0.0274. The molecule has 1 aliphatic heterocycles. The number of carbonyl (C=O) groups excluding carboxylic acids is 2. The van der Waals surface area contributed by atoms with E-state index in [2.05, 4.69) is 27.7 Å². The second-order valence-corrected chi connectivity index (χ2v) is 7.65. The van der Waals surface area contributed by atoms with E-state index in [1.54, 1.807) is 0 Å². The molecule has 1 saturated carbocycles. The van der Waals surface area contributed by atoms with Crippen LogP contribution in [0.15, 0.2) is 24.3 Å². The van der Waals surface area contributed by atoms with Crippen LogP contribution in [0.25, 0.3) is 0 Å². The summed E-state index contributed by atoms with van der Waals surface area (Å²) in [5.41, 5.74) is 2.04. The molecule has 1 aliphatic carbocycles. The number of anilines is 2. The highest BCUT2D eigenvalue weighted by atomic mass is 16.2. The highest BCUT2D eigenvalue weighted by molar-refractivity contribution is 5.91. The first kappa shape index (κ1) is 18.7. The van der Waals surface area contributed by atoms with Crippen LogP contribution >= 0.6 is 0 Å². The summed E-state index contributed by atoms with van der Waals surface area (Å²) >= 11 is 0. The molecule has 1 aromatic rings. The lowest BCUT2D eigenvalue weighted by molar-refractivity contribution is -0.862. The monoisotopic (exact) mass is 359 g/mol. The first-order valence-corrected chi connectivity index (χ1v) is 9.86. The molecule has 142 valence electrons. The zero-order valence-electron chi connectivity index (χ0n) is 15.7. The number of likely N-dealkylation sites (N-methyl/N-ethyl adjacent to an activating group) is 1. The van der Waals surface area contributed by atoms with Gasteiger partial charge in [-0.3, -0.25) is 9.59 Å². The number of carbonyl (C=O) groups is 2. The molecule has 0 aromatic heterocycles. The van der Waals surface area contributed by atoms with Gasteiger partial charge >= 0.3 is 0 Å². The Hall–Kier alpha value is -2.08. The maximum Gasteiger partial charge on any atom is 0.279 e. The molecule has 3 rings (SSSR count). The van der Waals surface area contributed by atoms with Gasteiger partial charge in [0.2, 0.25) is 0 Å². The summed E-state index contributed by atoms with van der Waals surface area (Å²) in [4.78, 5) is 27.3. The van der Waals surface area contributed by atoms with Gasteiger partial charge in [0, 0.05) is 30.5 Å². The summed E-state index contributed by atoms with van der Waals surface area (Å²) in [7, 11) is 1.87. The van der Waals surface area contributed by atoms with E-state index in [1.807, 2.05) is 19.2 Å². The van der Waals surface area contributed by atoms with Crippen LogP contribution in [0.3, 0.4) is 0 Å². The van der Waals surface area contributed by atoms with Crippen molar-refractivity contribution in [2.45, 2.75) is 44.6 Å². The zero-order chi connectivity index (χ0) is 18.4. The molecule has 3 N–H and O–H groups in total. The van der Waals surface area contributed by atoms with E-state index >= 15 is 0 Å².